The zero-order valence-corrected chi connectivity index (χ0v) is 17.5. The molecule has 0 unspecified atom stereocenters. The monoisotopic (exact) mass is 435 g/mol. The van der Waals surface area contributed by atoms with E-state index in [1.54, 1.807) is 12.4 Å². The Morgan fingerprint density at radius 1 is 1.00 bits per heavy atom. The Morgan fingerprint density at radius 3 is 2.53 bits per heavy atom. The number of nitrogens with zero attached hydrogens (tertiary/aromatic N) is 4. The molecule has 8 heteroatoms. The third-order valence-electron chi connectivity index (χ3n) is 4.30. The van der Waals surface area contributed by atoms with Gasteiger partial charge in [0.05, 0.1) is 5.75 Å². The van der Waals surface area contributed by atoms with E-state index in [-0.39, 0.29) is 11.7 Å². The summed E-state index contributed by atoms with van der Waals surface area (Å²) in [5.74, 6) is 0.807. The highest BCUT2D eigenvalue weighted by atomic mass is 35.5. The number of halogens is 1. The molecule has 4 rings (SSSR count). The van der Waals surface area contributed by atoms with Crippen molar-refractivity contribution in [3.63, 3.8) is 0 Å². The van der Waals surface area contributed by atoms with Gasteiger partial charge in [0.1, 0.15) is 0 Å². The van der Waals surface area contributed by atoms with E-state index in [0.717, 1.165) is 16.8 Å². The number of carbonyl (C=O) groups excluding carboxylic acids is 1. The van der Waals surface area contributed by atoms with Crippen LogP contribution in [0.4, 0.5) is 0 Å². The number of amides is 1. The SMILES string of the molecule is O=C(CSc1nnc(-c2cccnc2)n1-c1ccc(Cl)cc1)NCc1ccccc1. The number of aromatic nitrogens is 4. The lowest BCUT2D eigenvalue weighted by Crippen LogP contribution is -2.24. The minimum Gasteiger partial charge on any atom is -0.351 e. The molecule has 0 aliphatic carbocycles. The average Bonchev–Trinajstić information content (AvgIpc) is 3.22. The Kier molecular flexibility index (Phi) is 6.41. The van der Waals surface area contributed by atoms with Gasteiger partial charge in [-0.2, -0.15) is 0 Å². The van der Waals surface area contributed by atoms with Gasteiger partial charge >= 0.3 is 0 Å². The average molecular weight is 436 g/mol. The van der Waals surface area contributed by atoms with Gasteiger partial charge in [0, 0.05) is 35.2 Å². The summed E-state index contributed by atoms with van der Waals surface area (Å²) in [6.07, 6.45) is 3.44. The van der Waals surface area contributed by atoms with Crippen LogP contribution in [0.3, 0.4) is 0 Å². The number of pyridine rings is 1. The summed E-state index contributed by atoms with van der Waals surface area (Å²) in [6, 6.07) is 21.0. The summed E-state index contributed by atoms with van der Waals surface area (Å²) < 4.78 is 1.91. The number of carbonyl (C=O) groups is 1. The molecule has 0 fully saturated rings. The van der Waals surface area contributed by atoms with Crippen LogP contribution in [-0.4, -0.2) is 31.4 Å². The first-order valence-corrected chi connectivity index (χ1v) is 10.6. The molecule has 6 nitrogen and oxygen atoms in total. The molecular weight excluding hydrogens is 418 g/mol. The number of rotatable bonds is 7. The van der Waals surface area contributed by atoms with E-state index in [4.69, 9.17) is 11.6 Å². The fourth-order valence-corrected chi connectivity index (χ4v) is 3.75. The third-order valence-corrected chi connectivity index (χ3v) is 5.48. The minimum absolute atomic E-state index is 0.0718. The molecule has 4 aromatic rings. The highest BCUT2D eigenvalue weighted by Crippen LogP contribution is 2.28. The summed E-state index contributed by atoms with van der Waals surface area (Å²) in [5.41, 5.74) is 2.75. The second-order valence-corrected chi connectivity index (χ2v) is 7.79. The van der Waals surface area contributed by atoms with Gasteiger partial charge in [-0.1, -0.05) is 53.7 Å². The van der Waals surface area contributed by atoms with Gasteiger partial charge < -0.3 is 5.32 Å². The van der Waals surface area contributed by atoms with Crippen LogP contribution in [0.1, 0.15) is 5.56 Å². The fraction of sp³-hybridized carbons (Fsp3) is 0.0909. The second-order valence-electron chi connectivity index (χ2n) is 6.41. The molecule has 0 saturated heterocycles. The van der Waals surface area contributed by atoms with Crippen LogP contribution in [0.25, 0.3) is 17.1 Å². The molecule has 0 spiro atoms. The molecule has 150 valence electrons. The van der Waals surface area contributed by atoms with Crippen molar-refractivity contribution in [3.8, 4) is 17.1 Å². The van der Waals surface area contributed by atoms with Crippen LogP contribution in [0, 0.1) is 0 Å². The largest absolute Gasteiger partial charge is 0.351 e. The van der Waals surface area contributed by atoms with Gasteiger partial charge in [-0.05, 0) is 42.0 Å². The van der Waals surface area contributed by atoms with Crippen LogP contribution in [0.5, 0.6) is 0 Å². The van der Waals surface area contributed by atoms with Gasteiger partial charge in [0.2, 0.25) is 5.91 Å². The molecule has 2 aromatic carbocycles. The van der Waals surface area contributed by atoms with Crippen molar-refractivity contribution in [3.05, 3.63) is 89.7 Å². The molecule has 2 heterocycles. The van der Waals surface area contributed by atoms with E-state index < -0.39 is 0 Å². The Hall–Kier alpha value is -3.16. The molecule has 0 aliphatic rings. The van der Waals surface area contributed by atoms with Crippen molar-refractivity contribution >= 4 is 29.3 Å². The van der Waals surface area contributed by atoms with E-state index in [2.05, 4.69) is 20.5 Å². The standard InChI is InChI=1S/C22H18ClN5OS/c23-18-8-10-19(11-9-18)28-21(17-7-4-12-24-14-17)26-27-22(28)30-15-20(29)25-13-16-5-2-1-3-6-16/h1-12,14H,13,15H2,(H,25,29). The summed E-state index contributed by atoms with van der Waals surface area (Å²) in [7, 11) is 0. The quantitative estimate of drug-likeness (QED) is 0.436. The van der Waals surface area contributed by atoms with Crippen molar-refractivity contribution < 1.29 is 4.79 Å². The van der Waals surface area contributed by atoms with Crippen molar-refractivity contribution in [2.75, 3.05) is 5.75 Å². The molecule has 0 atom stereocenters. The Labute approximate surface area is 183 Å². The Balaban J connectivity index is 1.53. The predicted molar refractivity (Wildman–Crippen MR) is 119 cm³/mol. The van der Waals surface area contributed by atoms with Crippen LogP contribution in [-0.2, 0) is 11.3 Å². The Bertz CT molecular complexity index is 1120. The maximum Gasteiger partial charge on any atom is 0.230 e. The van der Waals surface area contributed by atoms with Crippen LogP contribution >= 0.6 is 23.4 Å². The Morgan fingerprint density at radius 2 is 1.80 bits per heavy atom. The minimum atomic E-state index is -0.0718. The van der Waals surface area contributed by atoms with Gasteiger partial charge in [0.25, 0.3) is 0 Å². The van der Waals surface area contributed by atoms with Gasteiger partial charge in [-0.25, -0.2) is 0 Å². The van der Waals surface area contributed by atoms with E-state index >= 15 is 0 Å². The molecule has 0 bridgehead atoms. The summed E-state index contributed by atoms with van der Waals surface area (Å²) in [4.78, 5) is 16.5. The lowest BCUT2D eigenvalue weighted by Gasteiger charge is -2.10. The van der Waals surface area contributed by atoms with E-state index in [9.17, 15) is 4.79 Å². The fourth-order valence-electron chi connectivity index (χ4n) is 2.85. The maximum absolute atomic E-state index is 12.3. The second kappa shape index (κ2) is 9.56. The van der Waals surface area contributed by atoms with E-state index in [1.165, 1.54) is 11.8 Å². The summed E-state index contributed by atoms with van der Waals surface area (Å²) >= 11 is 7.38. The molecule has 0 radical (unpaired) electrons. The van der Waals surface area contributed by atoms with Crippen LogP contribution in [0.2, 0.25) is 5.02 Å². The molecule has 30 heavy (non-hydrogen) atoms. The third kappa shape index (κ3) is 4.87. The highest BCUT2D eigenvalue weighted by molar-refractivity contribution is 7.99. The summed E-state index contributed by atoms with van der Waals surface area (Å²) in [5, 5.41) is 12.9. The number of benzene rings is 2. The zero-order valence-electron chi connectivity index (χ0n) is 15.9. The maximum atomic E-state index is 12.3. The number of thioether (sulfide) groups is 1. The highest BCUT2D eigenvalue weighted by Gasteiger charge is 2.17. The first-order chi connectivity index (χ1) is 14.7. The van der Waals surface area contributed by atoms with Gasteiger partial charge in [0.15, 0.2) is 11.0 Å². The first kappa shape index (κ1) is 20.1. The molecule has 1 amide bonds. The number of hydrogen-bond acceptors (Lipinski definition) is 5. The summed E-state index contributed by atoms with van der Waals surface area (Å²) in [6.45, 7) is 0.491. The van der Waals surface area contributed by atoms with Crippen molar-refractivity contribution in [1.82, 2.24) is 25.1 Å². The predicted octanol–water partition coefficient (Wildman–Crippen LogP) is 4.39. The van der Waals surface area contributed by atoms with E-state index in [0.29, 0.717) is 22.5 Å². The lowest BCUT2D eigenvalue weighted by molar-refractivity contribution is -0.118. The first-order valence-electron chi connectivity index (χ1n) is 9.26. The lowest BCUT2D eigenvalue weighted by atomic mass is 10.2. The molecular formula is C22H18ClN5OS. The molecule has 0 saturated carbocycles. The van der Waals surface area contributed by atoms with Crippen molar-refractivity contribution in [2.45, 2.75) is 11.7 Å². The van der Waals surface area contributed by atoms with Crippen molar-refractivity contribution in [2.24, 2.45) is 0 Å². The van der Waals surface area contributed by atoms with Gasteiger partial charge in [-0.15, -0.1) is 10.2 Å². The molecule has 2 aromatic heterocycles. The number of hydrogen-bond donors (Lipinski definition) is 1. The topological polar surface area (TPSA) is 72.7 Å². The van der Waals surface area contributed by atoms with Gasteiger partial charge in [-0.3, -0.25) is 14.3 Å². The van der Waals surface area contributed by atoms with Crippen LogP contribution in [0.15, 0.2) is 84.3 Å². The molecule has 1 N–H and O–H groups in total. The zero-order chi connectivity index (χ0) is 20.8. The van der Waals surface area contributed by atoms with E-state index in [1.807, 2.05) is 71.3 Å². The normalized spacial score (nSPS) is 10.7. The number of nitrogens with one attached hydrogen (secondary N) is 1. The van der Waals surface area contributed by atoms with Crippen molar-refractivity contribution in [1.29, 1.82) is 0 Å². The smallest absolute Gasteiger partial charge is 0.230 e. The molecule has 0 aliphatic heterocycles. The van der Waals surface area contributed by atoms with Crippen LogP contribution < -0.4 is 5.32 Å².